The average Bonchev–Trinajstić information content (AvgIpc) is 3.03. The highest BCUT2D eigenvalue weighted by Crippen LogP contribution is 2.33. The van der Waals surface area contributed by atoms with Gasteiger partial charge in [0, 0.05) is 25.3 Å². The monoisotopic (exact) mass is 332 g/mol. The van der Waals surface area contributed by atoms with Gasteiger partial charge in [0.15, 0.2) is 5.56 Å². The minimum absolute atomic E-state index is 0.0314. The first-order chi connectivity index (χ1) is 11.0. The van der Waals surface area contributed by atoms with Crippen molar-refractivity contribution in [2.75, 3.05) is 0 Å². The summed E-state index contributed by atoms with van der Waals surface area (Å²) < 4.78 is 8.64. The third kappa shape index (κ3) is 2.78. The van der Waals surface area contributed by atoms with E-state index in [0.717, 1.165) is 0 Å². The second kappa shape index (κ2) is 5.77. The zero-order valence-corrected chi connectivity index (χ0v) is 13.2. The summed E-state index contributed by atoms with van der Waals surface area (Å²) in [5.41, 5.74) is 0.840. The van der Waals surface area contributed by atoms with Crippen LogP contribution in [0.25, 0.3) is 11.4 Å². The molecule has 8 heteroatoms. The SMILES string of the molecule is Cn1nccc1-c1nn(C)c(Oc2cccc(Cl)c2)c1C(=O)O. The van der Waals surface area contributed by atoms with E-state index in [0.29, 0.717) is 16.5 Å². The maximum absolute atomic E-state index is 11.7. The molecule has 0 amide bonds. The lowest BCUT2D eigenvalue weighted by atomic mass is 10.2. The molecule has 1 N–H and O–H groups in total. The fourth-order valence-corrected chi connectivity index (χ4v) is 2.43. The zero-order chi connectivity index (χ0) is 16.6. The molecule has 0 aliphatic carbocycles. The number of nitrogens with zero attached hydrogens (tertiary/aromatic N) is 4. The van der Waals surface area contributed by atoms with Gasteiger partial charge < -0.3 is 9.84 Å². The Bertz CT molecular complexity index is 885. The van der Waals surface area contributed by atoms with Crippen LogP contribution in [-0.2, 0) is 14.1 Å². The van der Waals surface area contributed by atoms with Gasteiger partial charge in [-0.1, -0.05) is 17.7 Å². The van der Waals surface area contributed by atoms with Crippen molar-refractivity contribution in [1.82, 2.24) is 19.6 Å². The van der Waals surface area contributed by atoms with Gasteiger partial charge in [-0.2, -0.15) is 10.2 Å². The predicted octanol–water partition coefficient (Wildman–Crippen LogP) is 2.96. The Morgan fingerprint density at radius 1 is 1.26 bits per heavy atom. The quantitative estimate of drug-likeness (QED) is 0.794. The maximum atomic E-state index is 11.7. The lowest BCUT2D eigenvalue weighted by Gasteiger charge is -2.07. The number of carboxylic acid groups (broad SMARTS) is 1. The lowest BCUT2D eigenvalue weighted by molar-refractivity contribution is 0.0694. The number of hydrogen-bond donors (Lipinski definition) is 1. The summed E-state index contributed by atoms with van der Waals surface area (Å²) in [6, 6.07) is 8.41. The largest absolute Gasteiger partial charge is 0.477 e. The average molecular weight is 333 g/mol. The van der Waals surface area contributed by atoms with Crippen molar-refractivity contribution in [3.05, 3.63) is 47.1 Å². The second-order valence-corrected chi connectivity index (χ2v) is 5.29. The van der Waals surface area contributed by atoms with E-state index in [9.17, 15) is 9.90 Å². The molecule has 7 nitrogen and oxygen atoms in total. The Morgan fingerprint density at radius 2 is 2.04 bits per heavy atom. The highest BCUT2D eigenvalue weighted by Gasteiger charge is 2.26. The number of halogens is 1. The number of ether oxygens (including phenoxy) is 1. The lowest BCUT2D eigenvalue weighted by Crippen LogP contribution is -2.03. The minimum Gasteiger partial charge on any atom is -0.477 e. The first-order valence-electron chi connectivity index (χ1n) is 6.69. The van der Waals surface area contributed by atoms with Crippen LogP contribution >= 0.6 is 11.6 Å². The van der Waals surface area contributed by atoms with Gasteiger partial charge in [0.1, 0.15) is 11.4 Å². The second-order valence-electron chi connectivity index (χ2n) is 4.86. The summed E-state index contributed by atoms with van der Waals surface area (Å²) in [5, 5.41) is 18.4. The number of rotatable bonds is 4. The van der Waals surface area contributed by atoms with Crippen LogP contribution in [0.15, 0.2) is 36.5 Å². The number of benzene rings is 1. The number of hydrogen-bond acceptors (Lipinski definition) is 4. The molecule has 0 aliphatic rings. The summed E-state index contributed by atoms with van der Waals surface area (Å²) in [6.45, 7) is 0. The van der Waals surface area contributed by atoms with E-state index >= 15 is 0 Å². The van der Waals surface area contributed by atoms with Crippen molar-refractivity contribution in [3.8, 4) is 23.0 Å². The van der Waals surface area contributed by atoms with Crippen molar-refractivity contribution in [3.63, 3.8) is 0 Å². The third-order valence-corrected chi connectivity index (χ3v) is 3.52. The maximum Gasteiger partial charge on any atom is 0.343 e. The molecule has 3 rings (SSSR count). The zero-order valence-electron chi connectivity index (χ0n) is 12.4. The molecule has 0 fully saturated rings. The van der Waals surface area contributed by atoms with Gasteiger partial charge in [0.2, 0.25) is 5.88 Å². The Morgan fingerprint density at radius 3 is 2.65 bits per heavy atom. The Kier molecular flexibility index (Phi) is 3.79. The summed E-state index contributed by atoms with van der Waals surface area (Å²) >= 11 is 5.93. The molecule has 2 heterocycles. The molecule has 0 spiro atoms. The molecule has 3 aromatic rings. The third-order valence-electron chi connectivity index (χ3n) is 3.28. The smallest absolute Gasteiger partial charge is 0.343 e. The van der Waals surface area contributed by atoms with Crippen LogP contribution < -0.4 is 4.74 Å². The number of carbonyl (C=O) groups is 1. The van der Waals surface area contributed by atoms with E-state index < -0.39 is 5.97 Å². The van der Waals surface area contributed by atoms with Crippen molar-refractivity contribution >= 4 is 17.6 Å². The molecule has 118 valence electrons. The molecule has 0 bridgehead atoms. The Balaban J connectivity index is 2.12. The van der Waals surface area contributed by atoms with Crippen LogP contribution in [0, 0.1) is 0 Å². The van der Waals surface area contributed by atoms with E-state index in [1.807, 2.05) is 0 Å². The van der Waals surface area contributed by atoms with Crippen LogP contribution in [0.4, 0.5) is 0 Å². The fourth-order valence-electron chi connectivity index (χ4n) is 2.25. The van der Waals surface area contributed by atoms with Crippen molar-refractivity contribution in [2.24, 2.45) is 14.1 Å². The van der Waals surface area contributed by atoms with Crippen LogP contribution in [0.2, 0.25) is 5.02 Å². The molecule has 0 saturated carbocycles. The molecule has 0 saturated heterocycles. The van der Waals surface area contributed by atoms with Gasteiger partial charge in [-0.3, -0.25) is 4.68 Å². The van der Waals surface area contributed by atoms with E-state index in [1.54, 1.807) is 55.3 Å². The van der Waals surface area contributed by atoms with E-state index in [-0.39, 0.29) is 17.1 Å². The van der Waals surface area contributed by atoms with Crippen LogP contribution in [0.1, 0.15) is 10.4 Å². The van der Waals surface area contributed by atoms with Gasteiger partial charge in [-0.25, -0.2) is 9.48 Å². The van der Waals surface area contributed by atoms with Crippen LogP contribution in [0.5, 0.6) is 11.6 Å². The van der Waals surface area contributed by atoms with Gasteiger partial charge in [0.05, 0.1) is 5.69 Å². The molecule has 0 atom stereocenters. The summed E-state index contributed by atoms with van der Waals surface area (Å²) in [4.78, 5) is 11.7. The highest BCUT2D eigenvalue weighted by molar-refractivity contribution is 6.30. The van der Waals surface area contributed by atoms with Gasteiger partial charge in [-0.05, 0) is 24.3 Å². The molecule has 0 radical (unpaired) electrons. The fraction of sp³-hybridized carbons (Fsp3) is 0.133. The molecule has 23 heavy (non-hydrogen) atoms. The van der Waals surface area contributed by atoms with Gasteiger partial charge >= 0.3 is 5.97 Å². The molecule has 2 aromatic heterocycles. The van der Waals surface area contributed by atoms with E-state index in [4.69, 9.17) is 16.3 Å². The van der Waals surface area contributed by atoms with Gasteiger partial charge in [-0.15, -0.1) is 0 Å². The Labute approximate surface area is 136 Å². The Hall–Kier alpha value is -2.80. The molecular weight excluding hydrogens is 320 g/mol. The summed E-state index contributed by atoms with van der Waals surface area (Å²) in [5.74, 6) is -0.582. The topological polar surface area (TPSA) is 82.2 Å². The normalized spacial score (nSPS) is 10.7. The number of aromatic carboxylic acids is 1. The van der Waals surface area contributed by atoms with Crippen LogP contribution in [-0.4, -0.2) is 30.6 Å². The number of carboxylic acids is 1. The van der Waals surface area contributed by atoms with E-state index in [2.05, 4.69) is 10.2 Å². The standard InChI is InChI=1S/C15H13ClN4O3/c1-19-11(6-7-17-19)13-12(15(21)22)14(20(2)18-13)23-10-5-3-4-9(16)8-10/h3-8H,1-2H3,(H,21,22). The van der Waals surface area contributed by atoms with Crippen molar-refractivity contribution in [1.29, 1.82) is 0 Å². The summed E-state index contributed by atoms with van der Waals surface area (Å²) in [6.07, 6.45) is 1.58. The molecule has 0 unspecified atom stereocenters. The predicted molar refractivity (Wildman–Crippen MR) is 83.9 cm³/mol. The first-order valence-corrected chi connectivity index (χ1v) is 7.07. The van der Waals surface area contributed by atoms with Crippen molar-refractivity contribution < 1.29 is 14.6 Å². The van der Waals surface area contributed by atoms with Crippen LogP contribution in [0.3, 0.4) is 0 Å². The molecule has 0 aliphatic heterocycles. The summed E-state index contributed by atoms with van der Waals surface area (Å²) in [7, 11) is 3.33. The highest BCUT2D eigenvalue weighted by atomic mass is 35.5. The molecule has 1 aromatic carbocycles. The van der Waals surface area contributed by atoms with E-state index in [1.165, 1.54) is 4.68 Å². The van der Waals surface area contributed by atoms with Gasteiger partial charge in [0.25, 0.3) is 0 Å². The minimum atomic E-state index is -1.13. The van der Waals surface area contributed by atoms with Crippen molar-refractivity contribution in [2.45, 2.75) is 0 Å². The molecular formula is C15H13ClN4O3. The number of aromatic nitrogens is 4. The number of aryl methyl sites for hydroxylation is 2. The first kappa shape index (κ1) is 15.1.